The van der Waals surface area contributed by atoms with E-state index in [9.17, 15) is 9.90 Å². The quantitative estimate of drug-likeness (QED) is 0.893. The number of pyridine rings is 1. The van der Waals surface area contributed by atoms with Crippen LogP contribution in [-0.2, 0) is 6.54 Å². The first-order chi connectivity index (χ1) is 9.18. The van der Waals surface area contributed by atoms with Crippen molar-refractivity contribution in [2.75, 3.05) is 6.61 Å². The Labute approximate surface area is 111 Å². The molecule has 1 aromatic heterocycles. The van der Waals surface area contributed by atoms with Crippen LogP contribution in [0.25, 0.3) is 0 Å². The van der Waals surface area contributed by atoms with Crippen LogP contribution in [0.5, 0.6) is 5.75 Å². The fraction of sp³-hybridized carbons (Fsp3) is 0.267. The van der Waals surface area contributed by atoms with E-state index >= 15 is 0 Å². The molecule has 0 fully saturated rings. The third-order valence-electron chi connectivity index (χ3n) is 2.86. The molecule has 2 rings (SSSR count). The number of nitrogens with zero attached hydrogens (tertiary/aromatic N) is 1. The predicted octanol–water partition coefficient (Wildman–Crippen LogP) is 1.98. The lowest BCUT2D eigenvalue weighted by Crippen LogP contribution is -2.21. The second-order valence-corrected chi connectivity index (χ2v) is 4.29. The Balaban J connectivity index is 2.00. The molecule has 0 bridgehead atoms. The molecule has 0 aliphatic rings. The lowest BCUT2D eigenvalue weighted by atomic mass is 10.1. The Bertz CT molecular complexity index is 590. The molecule has 4 heteroatoms. The van der Waals surface area contributed by atoms with Crippen LogP contribution < -0.4 is 10.3 Å². The average molecular weight is 259 g/mol. The van der Waals surface area contributed by atoms with Gasteiger partial charge in [-0.3, -0.25) is 4.79 Å². The summed E-state index contributed by atoms with van der Waals surface area (Å²) in [5, 5.41) is 9.63. The van der Waals surface area contributed by atoms with Crippen LogP contribution in [0.4, 0.5) is 0 Å². The van der Waals surface area contributed by atoms with Crippen molar-refractivity contribution < 1.29 is 9.84 Å². The standard InChI is InChI=1S/C15H17NO3/c1-12(17)13-6-2-3-7-14(13)19-11-10-16-9-5-4-8-15(16)18/h2-9,12,17H,10-11H2,1H3/t12-/m0/s1. The van der Waals surface area contributed by atoms with Gasteiger partial charge >= 0.3 is 0 Å². The summed E-state index contributed by atoms with van der Waals surface area (Å²) < 4.78 is 7.23. The molecule has 0 radical (unpaired) electrons. The first kappa shape index (κ1) is 13.4. The zero-order valence-electron chi connectivity index (χ0n) is 10.8. The normalized spacial score (nSPS) is 12.1. The van der Waals surface area contributed by atoms with E-state index in [-0.39, 0.29) is 5.56 Å². The summed E-state index contributed by atoms with van der Waals surface area (Å²) in [6.45, 7) is 2.56. The second-order valence-electron chi connectivity index (χ2n) is 4.29. The summed E-state index contributed by atoms with van der Waals surface area (Å²) in [4.78, 5) is 11.5. The number of aliphatic hydroxyl groups is 1. The van der Waals surface area contributed by atoms with E-state index in [1.54, 1.807) is 23.8 Å². The van der Waals surface area contributed by atoms with Gasteiger partial charge in [0.1, 0.15) is 12.4 Å². The van der Waals surface area contributed by atoms with Gasteiger partial charge in [-0.05, 0) is 19.1 Å². The van der Waals surface area contributed by atoms with Gasteiger partial charge in [-0.1, -0.05) is 24.3 Å². The van der Waals surface area contributed by atoms with Crippen LogP contribution in [0.1, 0.15) is 18.6 Å². The van der Waals surface area contributed by atoms with Gasteiger partial charge in [0.25, 0.3) is 5.56 Å². The molecule has 0 saturated heterocycles. The highest BCUT2D eigenvalue weighted by Crippen LogP contribution is 2.24. The molecule has 4 nitrogen and oxygen atoms in total. The largest absolute Gasteiger partial charge is 0.491 e. The minimum atomic E-state index is -0.573. The van der Waals surface area contributed by atoms with Crippen molar-refractivity contribution in [2.45, 2.75) is 19.6 Å². The van der Waals surface area contributed by atoms with E-state index in [0.717, 1.165) is 5.56 Å². The van der Waals surface area contributed by atoms with E-state index in [1.807, 2.05) is 30.3 Å². The Hall–Kier alpha value is -2.07. The van der Waals surface area contributed by atoms with Gasteiger partial charge < -0.3 is 14.4 Å². The molecule has 0 saturated carbocycles. The maximum Gasteiger partial charge on any atom is 0.250 e. The fourth-order valence-electron chi connectivity index (χ4n) is 1.86. The number of ether oxygens (including phenoxy) is 1. The zero-order valence-corrected chi connectivity index (χ0v) is 10.8. The summed E-state index contributed by atoms with van der Waals surface area (Å²) in [6, 6.07) is 12.4. The van der Waals surface area contributed by atoms with Gasteiger partial charge in [0.05, 0.1) is 12.6 Å². The molecule has 19 heavy (non-hydrogen) atoms. The van der Waals surface area contributed by atoms with Crippen molar-refractivity contribution in [2.24, 2.45) is 0 Å². The molecule has 1 atom stereocenters. The molecule has 2 aromatic rings. The SMILES string of the molecule is C[C@H](O)c1ccccc1OCCn1ccccc1=O. The van der Waals surface area contributed by atoms with Crippen molar-refractivity contribution in [3.8, 4) is 5.75 Å². The number of aromatic nitrogens is 1. The van der Waals surface area contributed by atoms with E-state index < -0.39 is 6.10 Å². The molecule has 1 N–H and O–H groups in total. The van der Waals surface area contributed by atoms with Gasteiger partial charge in [0.2, 0.25) is 0 Å². The summed E-state index contributed by atoms with van der Waals surface area (Å²) in [6.07, 6.45) is 1.15. The molecule has 1 aromatic carbocycles. The van der Waals surface area contributed by atoms with Crippen molar-refractivity contribution in [3.63, 3.8) is 0 Å². The van der Waals surface area contributed by atoms with E-state index in [4.69, 9.17) is 4.74 Å². The molecule has 100 valence electrons. The highest BCUT2D eigenvalue weighted by atomic mass is 16.5. The maximum atomic E-state index is 11.5. The molecule has 0 aliphatic carbocycles. The van der Waals surface area contributed by atoms with Crippen LogP contribution >= 0.6 is 0 Å². The number of hydrogen-bond donors (Lipinski definition) is 1. The van der Waals surface area contributed by atoms with E-state index in [1.165, 1.54) is 6.07 Å². The number of para-hydroxylation sites is 1. The first-order valence-corrected chi connectivity index (χ1v) is 6.24. The molecule has 0 unspecified atom stereocenters. The minimum absolute atomic E-state index is 0.0464. The zero-order chi connectivity index (χ0) is 13.7. The van der Waals surface area contributed by atoms with Gasteiger partial charge in [-0.25, -0.2) is 0 Å². The molecule has 0 spiro atoms. The Morgan fingerprint density at radius 1 is 1.21 bits per heavy atom. The van der Waals surface area contributed by atoms with E-state index in [2.05, 4.69) is 0 Å². The van der Waals surface area contributed by atoms with Gasteiger partial charge in [0, 0.05) is 17.8 Å². The van der Waals surface area contributed by atoms with Crippen molar-refractivity contribution >= 4 is 0 Å². The van der Waals surface area contributed by atoms with Gasteiger partial charge in [-0.2, -0.15) is 0 Å². The number of aliphatic hydroxyl groups excluding tert-OH is 1. The highest BCUT2D eigenvalue weighted by Gasteiger charge is 2.07. The van der Waals surface area contributed by atoms with Crippen LogP contribution in [0.2, 0.25) is 0 Å². The molecular weight excluding hydrogens is 242 g/mol. The summed E-state index contributed by atoms with van der Waals surface area (Å²) in [7, 11) is 0. The third kappa shape index (κ3) is 3.45. The summed E-state index contributed by atoms with van der Waals surface area (Å²) in [5.74, 6) is 0.654. The molecule has 1 heterocycles. The van der Waals surface area contributed by atoms with Gasteiger partial charge in [0.15, 0.2) is 0 Å². The second kappa shape index (κ2) is 6.20. The fourth-order valence-corrected chi connectivity index (χ4v) is 1.86. The maximum absolute atomic E-state index is 11.5. The summed E-state index contributed by atoms with van der Waals surface area (Å²) in [5.41, 5.74) is 0.706. The molecular formula is C15H17NO3. The predicted molar refractivity (Wildman–Crippen MR) is 73.3 cm³/mol. The highest BCUT2D eigenvalue weighted by molar-refractivity contribution is 5.34. The minimum Gasteiger partial charge on any atom is -0.491 e. The van der Waals surface area contributed by atoms with E-state index in [0.29, 0.717) is 18.9 Å². The van der Waals surface area contributed by atoms with Crippen LogP contribution in [0.15, 0.2) is 53.5 Å². The summed E-state index contributed by atoms with van der Waals surface area (Å²) >= 11 is 0. The Morgan fingerprint density at radius 2 is 1.95 bits per heavy atom. The Morgan fingerprint density at radius 3 is 2.68 bits per heavy atom. The van der Waals surface area contributed by atoms with Gasteiger partial charge in [-0.15, -0.1) is 0 Å². The lowest BCUT2D eigenvalue weighted by molar-refractivity contribution is 0.190. The number of benzene rings is 1. The number of hydrogen-bond acceptors (Lipinski definition) is 3. The van der Waals surface area contributed by atoms with Crippen LogP contribution in [0, 0.1) is 0 Å². The van der Waals surface area contributed by atoms with Crippen LogP contribution in [-0.4, -0.2) is 16.3 Å². The number of rotatable bonds is 5. The van der Waals surface area contributed by atoms with Crippen molar-refractivity contribution in [1.29, 1.82) is 0 Å². The van der Waals surface area contributed by atoms with Crippen molar-refractivity contribution in [1.82, 2.24) is 4.57 Å². The third-order valence-corrected chi connectivity index (χ3v) is 2.86. The lowest BCUT2D eigenvalue weighted by Gasteiger charge is -2.13. The molecule has 0 aliphatic heterocycles. The topological polar surface area (TPSA) is 51.5 Å². The Kier molecular flexibility index (Phi) is 4.36. The van der Waals surface area contributed by atoms with Crippen LogP contribution in [0.3, 0.4) is 0 Å². The smallest absolute Gasteiger partial charge is 0.250 e. The first-order valence-electron chi connectivity index (χ1n) is 6.24. The monoisotopic (exact) mass is 259 g/mol. The van der Waals surface area contributed by atoms with Crippen molar-refractivity contribution in [3.05, 3.63) is 64.6 Å². The molecule has 0 amide bonds. The average Bonchev–Trinajstić information content (AvgIpc) is 2.41.